The second-order valence-corrected chi connectivity index (χ2v) is 5.70. The first-order valence-corrected chi connectivity index (χ1v) is 7.53. The van der Waals surface area contributed by atoms with Crippen LogP contribution in [0.2, 0.25) is 0 Å². The summed E-state index contributed by atoms with van der Waals surface area (Å²) in [6.45, 7) is 9.53. The molecule has 20 heavy (non-hydrogen) atoms. The van der Waals surface area contributed by atoms with Crippen molar-refractivity contribution in [1.29, 1.82) is 0 Å². The molecule has 0 aromatic carbocycles. The van der Waals surface area contributed by atoms with Crippen molar-refractivity contribution >= 4 is 5.91 Å². The molecule has 1 aliphatic heterocycles. The molecule has 112 valence electrons. The molecular formula is C14H25N5O. The number of nitrogens with one attached hydrogen (secondary N) is 1. The smallest absolute Gasteiger partial charge is 0.247 e. The molecule has 0 saturated carbocycles. The van der Waals surface area contributed by atoms with Gasteiger partial charge in [-0.25, -0.2) is 4.68 Å². The lowest BCUT2D eigenvalue weighted by molar-refractivity contribution is -0.137. The maximum Gasteiger partial charge on any atom is 0.247 e. The number of amides is 1. The number of aromatic nitrogens is 3. The zero-order chi connectivity index (χ0) is 14.5. The first-order chi connectivity index (χ1) is 9.63. The molecule has 0 unspecified atom stereocenters. The van der Waals surface area contributed by atoms with E-state index in [1.165, 1.54) is 0 Å². The van der Waals surface area contributed by atoms with E-state index in [1.54, 1.807) is 4.68 Å². The van der Waals surface area contributed by atoms with Crippen LogP contribution in [-0.4, -0.2) is 52.0 Å². The van der Waals surface area contributed by atoms with Crippen molar-refractivity contribution in [3.8, 4) is 0 Å². The van der Waals surface area contributed by atoms with Gasteiger partial charge in [-0.3, -0.25) is 4.79 Å². The lowest BCUT2D eigenvalue weighted by Crippen LogP contribution is -2.49. The second-order valence-electron chi connectivity index (χ2n) is 5.70. The van der Waals surface area contributed by atoms with Crippen LogP contribution in [-0.2, 0) is 11.2 Å². The minimum atomic E-state index is -0.244. The summed E-state index contributed by atoms with van der Waals surface area (Å²) in [5.74, 6) is 0.364. The van der Waals surface area contributed by atoms with Crippen LogP contribution < -0.4 is 5.32 Å². The van der Waals surface area contributed by atoms with Gasteiger partial charge in [-0.15, -0.1) is 5.10 Å². The summed E-state index contributed by atoms with van der Waals surface area (Å²) in [6, 6.07) is -0.244. The monoisotopic (exact) mass is 279 g/mol. The number of hydrogen-bond donors (Lipinski definition) is 1. The Bertz CT molecular complexity index is 437. The molecule has 0 spiro atoms. The highest BCUT2D eigenvalue weighted by molar-refractivity contribution is 5.80. The van der Waals surface area contributed by atoms with Gasteiger partial charge in [-0.05, 0) is 12.3 Å². The van der Waals surface area contributed by atoms with Crippen molar-refractivity contribution < 1.29 is 4.79 Å². The zero-order valence-corrected chi connectivity index (χ0v) is 12.7. The Hall–Kier alpha value is -1.43. The van der Waals surface area contributed by atoms with E-state index in [-0.39, 0.29) is 17.9 Å². The molecule has 1 aliphatic rings. The van der Waals surface area contributed by atoms with Gasteiger partial charge >= 0.3 is 0 Å². The summed E-state index contributed by atoms with van der Waals surface area (Å²) in [7, 11) is 0. The predicted octanol–water partition coefficient (Wildman–Crippen LogP) is 0.860. The molecular weight excluding hydrogens is 254 g/mol. The molecule has 1 amide bonds. The highest BCUT2D eigenvalue weighted by atomic mass is 16.2. The van der Waals surface area contributed by atoms with Crippen LogP contribution in [0.15, 0.2) is 6.20 Å². The average molecular weight is 279 g/mol. The van der Waals surface area contributed by atoms with Crippen LogP contribution in [0.4, 0.5) is 0 Å². The van der Waals surface area contributed by atoms with Crippen LogP contribution >= 0.6 is 0 Å². The first-order valence-electron chi connectivity index (χ1n) is 7.53. The Balaban J connectivity index is 2.14. The van der Waals surface area contributed by atoms with E-state index in [1.807, 2.05) is 11.1 Å². The summed E-state index contributed by atoms with van der Waals surface area (Å²) < 4.78 is 1.75. The largest absolute Gasteiger partial charge is 0.338 e. The van der Waals surface area contributed by atoms with E-state index in [0.29, 0.717) is 0 Å². The summed E-state index contributed by atoms with van der Waals surface area (Å²) in [5.41, 5.74) is 0.964. The van der Waals surface area contributed by atoms with Gasteiger partial charge in [0.2, 0.25) is 5.91 Å². The zero-order valence-electron chi connectivity index (χ0n) is 12.7. The molecule has 0 radical (unpaired) electrons. The number of hydrogen-bond acceptors (Lipinski definition) is 4. The molecule has 1 aromatic heterocycles. The molecule has 0 bridgehead atoms. The highest BCUT2D eigenvalue weighted by Crippen LogP contribution is 2.20. The van der Waals surface area contributed by atoms with Gasteiger partial charge in [-0.1, -0.05) is 32.4 Å². The first kappa shape index (κ1) is 15.0. The third-order valence-electron chi connectivity index (χ3n) is 3.66. The number of carbonyl (C=O) groups is 1. The summed E-state index contributed by atoms with van der Waals surface area (Å²) in [4.78, 5) is 14.6. The summed E-state index contributed by atoms with van der Waals surface area (Å²) in [6.07, 6.45) is 3.87. The van der Waals surface area contributed by atoms with Crippen LogP contribution in [0.1, 0.15) is 38.9 Å². The minimum Gasteiger partial charge on any atom is -0.338 e. The summed E-state index contributed by atoms with van der Waals surface area (Å²) in [5, 5.41) is 11.6. The highest BCUT2D eigenvalue weighted by Gasteiger charge is 2.30. The van der Waals surface area contributed by atoms with Crippen molar-refractivity contribution in [2.45, 2.75) is 39.7 Å². The van der Waals surface area contributed by atoms with E-state index in [4.69, 9.17) is 0 Å². The molecule has 1 fully saturated rings. The molecule has 2 heterocycles. The fourth-order valence-corrected chi connectivity index (χ4v) is 2.60. The average Bonchev–Trinajstić information content (AvgIpc) is 2.88. The Morgan fingerprint density at radius 2 is 2.10 bits per heavy atom. The second kappa shape index (κ2) is 6.83. The van der Waals surface area contributed by atoms with Crippen molar-refractivity contribution in [3.05, 3.63) is 11.9 Å². The van der Waals surface area contributed by atoms with Gasteiger partial charge in [0.15, 0.2) is 0 Å². The Kier molecular flexibility index (Phi) is 5.11. The third kappa shape index (κ3) is 3.36. The SMILES string of the molecule is CCCc1cn([C@H](C(=O)N2CCNCC2)C(C)C)nn1. The fourth-order valence-electron chi connectivity index (χ4n) is 2.60. The van der Waals surface area contributed by atoms with E-state index in [2.05, 4.69) is 36.4 Å². The number of carbonyl (C=O) groups excluding carboxylic acids is 1. The number of aryl methyl sites for hydroxylation is 1. The van der Waals surface area contributed by atoms with Gasteiger partial charge in [0.05, 0.1) is 5.69 Å². The Morgan fingerprint density at radius 3 is 2.70 bits per heavy atom. The van der Waals surface area contributed by atoms with Gasteiger partial charge in [0, 0.05) is 32.4 Å². The lowest BCUT2D eigenvalue weighted by Gasteiger charge is -2.32. The van der Waals surface area contributed by atoms with Gasteiger partial charge < -0.3 is 10.2 Å². The molecule has 0 aliphatic carbocycles. The normalized spacial score (nSPS) is 17.5. The number of nitrogens with zero attached hydrogens (tertiary/aromatic N) is 4. The minimum absolute atomic E-state index is 0.162. The summed E-state index contributed by atoms with van der Waals surface area (Å²) >= 11 is 0. The molecule has 1 N–H and O–H groups in total. The molecule has 1 aromatic rings. The van der Waals surface area contributed by atoms with Crippen molar-refractivity contribution in [2.24, 2.45) is 5.92 Å². The van der Waals surface area contributed by atoms with Gasteiger partial charge in [0.1, 0.15) is 6.04 Å². The van der Waals surface area contributed by atoms with Crippen molar-refractivity contribution in [1.82, 2.24) is 25.2 Å². The van der Waals surface area contributed by atoms with Gasteiger partial charge in [-0.2, -0.15) is 0 Å². The van der Waals surface area contributed by atoms with Crippen molar-refractivity contribution in [2.75, 3.05) is 26.2 Å². The van der Waals surface area contributed by atoms with Crippen LogP contribution in [0.3, 0.4) is 0 Å². The van der Waals surface area contributed by atoms with Gasteiger partial charge in [0.25, 0.3) is 0 Å². The lowest BCUT2D eigenvalue weighted by atomic mass is 10.0. The molecule has 1 saturated heterocycles. The molecule has 1 atom stereocenters. The standard InChI is InChI=1S/C14H25N5O/c1-4-5-12-10-19(17-16-12)13(11(2)3)14(20)18-8-6-15-7-9-18/h10-11,13,15H,4-9H2,1-3H3/t13-/m0/s1. The van der Waals surface area contributed by atoms with E-state index in [9.17, 15) is 4.79 Å². The van der Waals surface area contributed by atoms with E-state index < -0.39 is 0 Å². The van der Waals surface area contributed by atoms with Crippen molar-refractivity contribution in [3.63, 3.8) is 0 Å². The van der Waals surface area contributed by atoms with Crippen LogP contribution in [0.25, 0.3) is 0 Å². The maximum atomic E-state index is 12.7. The van der Waals surface area contributed by atoms with Crippen LogP contribution in [0, 0.1) is 5.92 Å². The number of piperazine rings is 1. The van der Waals surface area contributed by atoms with E-state index >= 15 is 0 Å². The topological polar surface area (TPSA) is 63.1 Å². The molecule has 6 nitrogen and oxygen atoms in total. The Labute approximate surface area is 120 Å². The third-order valence-corrected chi connectivity index (χ3v) is 3.66. The Morgan fingerprint density at radius 1 is 1.40 bits per heavy atom. The number of rotatable bonds is 5. The van der Waals surface area contributed by atoms with Crippen LogP contribution in [0.5, 0.6) is 0 Å². The van der Waals surface area contributed by atoms with E-state index in [0.717, 1.165) is 44.7 Å². The molecule has 2 rings (SSSR count). The fraction of sp³-hybridized carbons (Fsp3) is 0.786. The predicted molar refractivity (Wildman–Crippen MR) is 77.3 cm³/mol. The molecule has 6 heteroatoms. The quantitative estimate of drug-likeness (QED) is 0.868. The maximum absolute atomic E-state index is 12.7.